The molecule has 1 heterocycles. The summed E-state index contributed by atoms with van der Waals surface area (Å²) in [6.07, 6.45) is 0. The standard InChI is InChI=1S/C43H38N2O4/c1-42(2,3)30-22-27(23-31(39(30)47)43(4,5)6)41(49)45-33-18-12-16-25-19-20-32(44-37(25)33)36-38(46)29-21-26-15-10-11-17-28(26)34(35(29)40(36)48)24-13-8-7-9-14-24/h7-23,36,47H,1-6H3,(H,45,49). The maximum atomic E-state index is 14.3. The molecule has 1 amide bonds. The molecule has 6 aromatic rings. The monoisotopic (exact) mass is 646 g/mol. The van der Waals surface area contributed by atoms with Gasteiger partial charge in [-0.3, -0.25) is 14.4 Å². The van der Waals surface area contributed by atoms with Gasteiger partial charge in [0.15, 0.2) is 11.6 Å². The lowest BCUT2D eigenvalue weighted by Gasteiger charge is -2.28. The van der Waals surface area contributed by atoms with E-state index in [4.69, 9.17) is 4.98 Å². The van der Waals surface area contributed by atoms with Crippen LogP contribution in [0.3, 0.4) is 0 Å². The van der Waals surface area contributed by atoms with Gasteiger partial charge in [-0.2, -0.15) is 0 Å². The van der Waals surface area contributed by atoms with E-state index in [2.05, 4.69) is 5.32 Å². The molecule has 5 aromatic carbocycles. The molecule has 49 heavy (non-hydrogen) atoms. The van der Waals surface area contributed by atoms with E-state index in [-0.39, 0.29) is 23.2 Å². The van der Waals surface area contributed by atoms with Crippen LogP contribution in [0.15, 0.2) is 103 Å². The fourth-order valence-corrected chi connectivity index (χ4v) is 6.92. The number of nitrogens with zero attached hydrogens (tertiary/aromatic N) is 1. The number of ketones is 2. The average molecular weight is 647 g/mol. The summed E-state index contributed by atoms with van der Waals surface area (Å²) in [5.74, 6) is -1.84. The Kier molecular flexibility index (Phi) is 7.51. The number of phenolic OH excluding ortho intramolecular Hbond substituents is 1. The Morgan fingerprint density at radius 2 is 1.33 bits per heavy atom. The number of fused-ring (bicyclic) bond motifs is 3. The van der Waals surface area contributed by atoms with Gasteiger partial charge >= 0.3 is 0 Å². The van der Waals surface area contributed by atoms with Crippen molar-refractivity contribution < 1.29 is 19.5 Å². The number of hydrogen-bond acceptors (Lipinski definition) is 5. The lowest BCUT2D eigenvalue weighted by Crippen LogP contribution is -2.21. The Morgan fingerprint density at radius 3 is 2.00 bits per heavy atom. The molecule has 0 bridgehead atoms. The van der Waals surface area contributed by atoms with Gasteiger partial charge in [-0.15, -0.1) is 0 Å². The van der Waals surface area contributed by atoms with E-state index in [0.29, 0.717) is 44.7 Å². The van der Waals surface area contributed by atoms with Crippen LogP contribution in [0.2, 0.25) is 0 Å². The normalized spacial score (nSPS) is 14.8. The Balaban J connectivity index is 1.31. The highest BCUT2D eigenvalue weighted by Gasteiger charge is 2.43. The third-order valence-electron chi connectivity index (χ3n) is 9.42. The van der Waals surface area contributed by atoms with Crippen LogP contribution in [0.1, 0.15) is 95.4 Å². The molecule has 1 atom stereocenters. The number of aromatic hydroxyl groups is 1. The number of hydrogen-bond donors (Lipinski definition) is 2. The minimum atomic E-state index is -1.11. The lowest BCUT2D eigenvalue weighted by molar-refractivity contribution is 0.0887. The smallest absolute Gasteiger partial charge is 0.255 e. The van der Waals surface area contributed by atoms with Gasteiger partial charge in [0.25, 0.3) is 5.91 Å². The van der Waals surface area contributed by atoms with Crippen LogP contribution < -0.4 is 5.32 Å². The SMILES string of the molecule is CC(C)(C)c1cc(C(=O)Nc2cccc3ccc(C4C(=O)c5cc6ccccc6c(-c6ccccc6)c5C4=O)nc23)cc(C(C)(C)C)c1O. The fourth-order valence-electron chi connectivity index (χ4n) is 6.92. The molecule has 7 rings (SSSR count). The first kappa shape index (κ1) is 32.0. The summed E-state index contributed by atoms with van der Waals surface area (Å²) in [4.78, 5) is 47.2. The van der Waals surface area contributed by atoms with Gasteiger partial charge in [0.05, 0.1) is 16.9 Å². The van der Waals surface area contributed by atoms with Crippen LogP contribution >= 0.6 is 0 Å². The van der Waals surface area contributed by atoms with E-state index in [1.54, 1.807) is 24.3 Å². The van der Waals surface area contributed by atoms with Crippen molar-refractivity contribution in [3.63, 3.8) is 0 Å². The zero-order valence-corrected chi connectivity index (χ0v) is 28.5. The molecule has 6 heteroatoms. The number of amides is 1. The highest BCUT2D eigenvalue weighted by molar-refractivity contribution is 6.34. The number of nitrogens with one attached hydrogen (secondary N) is 1. The topological polar surface area (TPSA) is 96.4 Å². The van der Waals surface area contributed by atoms with Crippen LogP contribution in [-0.4, -0.2) is 27.6 Å². The Bertz CT molecular complexity index is 2310. The van der Waals surface area contributed by atoms with Crippen molar-refractivity contribution in [2.75, 3.05) is 5.32 Å². The van der Waals surface area contributed by atoms with Gasteiger partial charge in [0.1, 0.15) is 11.7 Å². The number of anilines is 1. The van der Waals surface area contributed by atoms with Crippen LogP contribution in [-0.2, 0) is 10.8 Å². The minimum absolute atomic E-state index is 0.197. The molecular weight excluding hydrogens is 608 g/mol. The molecule has 2 N–H and O–H groups in total. The Hall–Kier alpha value is -5.62. The number of phenols is 1. The zero-order chi connectivity index (χ0) is 34.8. The number of Topliss-reactive ketones (excluding diaryl/α,β-unsaturated/α-hetero) is 2. The number of carbonyl (C=O) groups is 3. The molecule has 0 spiro atoms. The highest BCUT2D eigenvalue weighted by Crippen LogP contribution is 2.44. The first-order valence-electron chi connectivity index (χ1n) is 16.5. The van der Waals surface area contributed by atoms with Crippen molar-refractivity contribution in [3.05, 3.63) is 137 Å². The largest absolute Gasteiger partial charge is 0.507 e. The predicted octanol–water partition coefficient (Wildman–Crippen LogP) is 9.77. The maximum absolute atomic E-state index is 14.3. The van der Waals surface area contributed by atoms with Gasteiger partial charge in [-0.05, 0) is 57.5 Å². The first-order chi connectivity index (χ1) is 23.2. The first-order valence-corrected chi connectivity index (χ1v) is 16.5. The third-order valence-corrected chi connectivity index (χ3v) is 9.42. The number of para-hydroxylation sites is 1. The number of pyridine rings is 1. The highest BCUT2D eigenvalue weighted by atomic mass is 16.3. The summed E-state index contributed by atoms with van der Waals surface area (Å²) < 4.78 is 0. The summed E-state index contributed by atoms with van der Waals surface area (Å²) in [7, 11) is 0. The molecule has 1 aromatic heterocycles. The summed E-state index contributed by atoms with van der Waals surface area (Å²) >= 11 is 0. The van der Waals surface area contributed by atoms with Crippen molar-refractivity contribution in [3.8, 4) is 16.9 Å². The van der Waals surface area contributed by atoms with Gasteiger partial charge in [-0.25, -0.2) is 4.98 Å². The second kappa shape index (κ2) is 11.5. The van der Waals surface area contributed by atoms with Gasteiger partial charge in [-0.1, -0.05) is 114 Å². The van der Waals surface area contributed by atoms with Crippen LogP contribution in [0.5, 0.6) is 5.75 Å². The quantitative estimate of drug-likeness (QED) is 0.186. The molecule has 0 saturated heterocycles. The molecule has 1 aliphatic rings. The number of aromatic nitrogens is 1. The maximum Gasteiger partial charge on any atom is 0.255 e. The molecule has 0 aliphatic heterocycles. The van der Waals surface area contributed by atoms with E-state index >= 15 is 0 Å². The van der Waals surface area contributed by atoms with Gasteiger partial charge in [0, 0.05) is 38.8 Å². The van der Waals surface area contributed by atoms with E-state index < -0.39 is 16.7 Å². The van der Waals surface area contributed by atoms with Crippen LogP contribution in [0.4, 0.5) is 5.69 Å². The summed E-state index contributed by atoms with van der Waals surface area (Å²) in [5, 5.41) is 16.8. The van der Waals surface area contributed by atoms with E-state index in [1.807, 2.05) is 120 Å². The summed E-state index contributed by atoms with van der Waals surface area (Å²) in [6.45, 7) is 12.0. The molecular formula is C43H38N2O4. The Morgan fingerprint density at radius 1 is 0.694 bits per heavy atom. The van der Waals surface area contributed by atoms with Crippen molar-refractivity contribution in [1.29, 1.82) is 0 Å². The molecule has 0 saturated carbocycles. The van der Waals surface area contributed by atoms with Gasteiger partial charge < -0.3 is 10.4 Å². The molecule has 244 valence electrons. The fraction of sp³-hybridized carbons (Fsp3) is 0.209. The minimum Gasteiger partial charge on any atom is -0.507 e. The molecule has 0 radical (unpaired) electrons. The van der Waals surface area contributed by atoms with E-state index in [9.17, 15) is 19.5 Å². The Labute approximate surface area is 285 Å². The van der Waals surface area contributed by atoms with Crippen molar-refractivity contribution in [2.45, 2.75) is 58.3 Å². The molecule has 1 aliphatic carbocycles. The second-order valence-electron chi connectivity index (χ2n) is 14.9. The lowest BCUT2D eigenvalue weighted by atomic mass is 9.78. The molecule has 1 unspecified atom stereocenters. The number of rotatable bonds is 4. The average Bonchev–Trinajstić information content (AvgIpc) is 3.31. The molecule has 6 nitrogen and oxygen atoms in total. The third kappa shape index (κ3) is 5.47. The number of carbonyl (C=O) groups excluding carboxylic acids is 3. The molecule has 0 fully saturated rings. The van der Waals surface area contributed by atoms with E-state index in [0.717, 1.165) is 27.3 Å². The van der Waals surface area contributed by atoms with Crippen molar-refractivity contribution >= 4 is 44.8 Å². The summed E-state index contributed by atoms with van der Waals surface area (Å²) in [6, 6.07) is 31.8. The number of benzene rings is 5. The van der Waals surface area contributed by atoms with E-state index in [1.165, 1.54) is 0 Å². The van der Waals surface area contributed by atoms with Crippen molar-refractivity contribution in [1.82, 2.24) is 4.98 Å². The summed E-state index contributed by atoms with van der Waals surface area (Å²) in [5.41, 5.74) is 4.67. The van der Waals surface area contributed by atoms with Crippen molar-refractivity contribution in [2.24, 2.45) is 0 Å². The van der Waals surface area contributed by atoms with Gasteiger partial charge in [0.2, 0.25) is 0 Å². The second-order valence-corrected chi connectivity index (χ2v) is 14.9. The van der Waals surface area contributed by atoms with Crippen LogP contribution in [0, 0.1) is 0 Å². The van der Waals surface area contributed by atoms with Crippen LogP contribution in [0.25, 0.3) is 32.8 Å². The predicted molar refractivity (Wildman–Crippen MR) is 196 cm³/mol. The zero-order valence-electron chi connectivity index (χ0n) is 28.5.